The fourth-order valence-corrected chi connectivity index (χ4v) is 4.14. The zero-order valence-corrected chi connectivity index (χ0v) is 20.0. The first kappa shape index (κ1) is 25.1. The number of hydroxylamine groups is 2. The zero-order valence-electron chi connectivity index (χ0n) is 20.0. The monoisotopic (exact) mass is 488 g/mol. The molecule has 1 aliphatic carbocycles. The van der Waals surface area contributed by atoms with Crippen molar-refractivity contribution in [3.8, 4) is 11.8 Å². The Labute approximate surface area is 209 Å². The van der Waals surface area contributed by atoms with E-state index in [9.17, 15) is 19.2 Å². The third kappa shape index (κ3) is 6.58. The summed E-state index contributed by atoms with van der Waals surface area (Å²) in [5.74, 6) is 4.67. The van der Waals surface area contributed by atoms with Gasteiger partial charge < -0.3 is 14.9 Å². The lowest BCUT2D eigenvalue weighted by Gasteiger charge is -2.21. The van der Waals surface area contributed by atoms with Crippen LogP contribution in [0.25, 0.3) is 0 Å². The maximum absolute atomic E-state index is 12.4. The topological polar surface area (TPSA) is 102 Å². The van der Waals surface area contributed by atoms with E-state index in [4.69, 9.17) is 9.57 Å². The number of nitrogens with one attached hydrogen (secondary N) is 1. The average Bonchev–Trinajstić information content (AvgIpc) is 3.19. The van der Waals surface area contributed by atoms with Crippen LogP contribution in [-0.4, -0.2) is 41.9 Å². The quantitative estimate of drug-likeness (QED) is 0.313. The maximum atomic E-state index is 12.4. The Bertz CT molecular complexity index is 1200. The predicted molar refractivity (Wildman–Crippen MR) is 130 cm³/mol. The molecule has 3 amide bonds. The molecular formula is C28H28N2O6. The van der Waals surface area contributed by atoms with Crippen molar-refractivity contribution < 1.29 is 28.8 Å². The molecule has 2 aromatic rings. The number of ether oxygens (including phenoxy) is 1. The Kier molecular flexibility index (Phi) is 8.48. The fourth-order valence-electron chi connectivity index (χ4n) is 4.14. The zero-order chi connectivity index (χ0) is 25.3. The Morgan fingerprint density at radius 3 is 2.42 bits per heavy atom. The second kappa shape index (κ2) is 12.1. The van der Waals surface area contributed by atoms with Crippen LogP contribution in [0.4, 0.5) is 0 Å². The van der Waals surface area contributed by atoms with Crippen molar-refractivity contribution in [3.05, 3.63) is 70.8 Å². The average molecular weight is 489 g/mol. The fraction of sp³-hybridized carbons (Fsp3) is 0.357. The highest BCUT2D eigenvalue weighted by Crippen LogP contribution is 2.28. The Morgan fingerprint density at radius 2 is 1.61 bits per heavy atom. The molecule has 1 heterocycles. The molecule has 0 saturated carbocycles. The van der Waals surface area contributed by atoms with Gasteiger partial charge in [0.05, 0.1) is 6.10 Å². The van der Waals surface area contributed by atoms with Gasteiger partial charge in [-0.1, -0.05) is 54.7 Å². The van der Waals surface area contributed by atoms with Crippen molar-refractivity contribution in [3.63, 3.8) is 0 Å². The number of unbranched alkanes of at least 4 members (excludes halogenated alkanes) is 2. The molecule has 2 aromatic carbocycles. The predicted octanol–water partition coefficient (Wildman–Crippen LogP) is 2.98. The summed E-state index contributed by atoms with van der Waals surface area (Å²) in [5, 5.41) is 3.40. The number of rotatable bonds is 10. The second-order valence-electron chi connectivity index (χ2n) is 8.70. The van der Waals surface area contributed by atoms with Gasteiger partial charge in [-0.2, -0.15) is 0 Å². The van der Waals surface area contributed by atoms with Crippen LogP contribution in [-0.2, 0) is 35.2 Å². The third-order valence-electron chi connectivity index (χ3n) is 6.06. The summed E-state index contributed by atoms with van der Waals surface area (Å²) in [4.78, 5) is 52.0. The van der Waals surface area contributed by atoms with Gasteiger partial charge in [0.25, 0.3) is 11.8 Å². The molecule has 1 saturated heterocycles. The summed E-state index contributed by atoms with van der Waals surface area (Å²) in [7, 11) is 0. The first-order valence-corrected chi connectivity index (χ1v) is 12.1. The molecule has 8 heteroatoms. The standard InChI is InChI=1S/C28H28N2O6/c31-25(29-17-7-1-2-12-28(34)36-30-26(32)15-16-27(30)33)19-35-24-18-22-10-4-3-8-20(22)13-14-21-9-5-6-11-23(21)24/h3-6,8-11,24H,1-2,7,12,15-19H2,(H,29,31). The van der Waals surface area contributed by atoms with E-state index in [1.807, 2.05) is 48.5 Å². The molecule has 186 valence electrons. The number of hydrogen-bond donors (Lipinski definition) is 1. The Balaban J connectivity index is 1.18. The molecule has 0 spiro atoms. The smallest absolute Gasteiger partial charge is 0.333 e. The molecule has 8 nitrogen and oxygen atoms in total. The van der Waals surface area contributed by atoms with Crippen molar-refractivity contribution in [1.82, 2.24) is 10.4 Å². The van der Waals surface area contributed by atoms with Crippen molar-refractivity contribution in [2.45, 2.75) is 51.0 Å². The van der Waals surface area contributed by atoms with Crippen LogP contribution in [0.15, 0.2) is 48.5 Å². The first-order chi connectivity index (χ1) is 17.5. The van der Waals surface area contributed by atoms with Gasteiger partial charge in [0, 0.05) is 43.4 Å². The van der Waals surface area contributed by atoms with Crippen molar-refractivity contribution >= 4 is 23.7 Å². The summed E-state index contributed by atoms with van der Waals surface area (Å²) in [5.41, 5.74) is 3.92. The molecule has 1 fully saturated rings. The van der Waals surface area contributed by atoms with Crippen molar-refractivity contribution in [1.29, 1.82) is 0 Å². The highest BCUT2D eigenvalue weighted by atomic mass is 16.7. The number of hydrogen-bond acceptors (Lipinski definition) is 6. The summed E-state index contributed by atoms with van der Waals surface area (Å²) in [6, 6.07) is 15.8. The van der Waals surface area contributed by atoms with Gasteiger partial charge in [-0.15, -0.1) is 5.06 Å². The number of carbonyl (C=O) groups excluding carboxylic acids is 4. The van der Waals surface area contributed by atoms with E-state index in [0.717, 1.165) is 22.3 Å². The highest BCUT2D eigenvalue weighted by Gasteiger charge is 2.32. The second-order valence-corrected chi connectivity index (χ2v) is 8.70. The summed E-state index contributed by atoms with van der Waals surface area (Å²) in [6.07, 6.45) is 2.47. The molecule has 1 N–H and O–H groups in total. The van der Waals surface area contributed by atoms with Crippen LogP contribution in [0.1, 0.15) is 66.9 Å². The number of imide groups is 1. The van der Waals surface area contributed by atoms with Gasteiger partial charge >= 0.3 is 5.97 Å². The number of nitrogens with zero attached hydrogens (tertiary/aromatic N) is 1. The molecule has 1 unspecified atom stereocenters. The van der Waals surface area contributed by atoms with Gasteiger partial charge in [-0.25, -0.2) is 4.79 Å². The normalized spacial score (nSPS) is 16.2. The van der Waals surface area contributed by atoms with E-state index >= 15 is 0 Å². The lowest BCUT2D eigenvalue weighted by Crippen LogP contribution is -2.32. The van der Waals surface area contributed by atoms with Crippen LogP contribution >= 0.6 is 0 Å². The lowest BCUT2D eigenvalue weighted by molar-refractivity contribution is -0.197. The van der Waals surface area contributed by atoms with E-state index in [0.29, 0.717) is 37.3 Å². The van der Waals surface area contributed by atoms with E-state index in [1.165, 1.54) is 0 Å². The van der Waals surface area contributed by atoms with E-state index in [1.54, 1.807) is 0 Å². The van der Waals surface area contributed by atoms with Crippen LogP contribution in [0, 0.1) is 11.8 Å². The van der Waals surface area contributed by atoms with E-state index in [-0.39, 0.29) is 37.9 Å². The van der Waals surface area contributed by atoms with Crippen LogP contribution in [0.2, 0.25) is 0 Å². The number of amides is 3. The minimum atomic E-state index is -0.609. The SMILES string of the molecule is O=C(COC1Cc2ccccc2C#Cc2ccccc21)NCCCCCC(=O)ON1C(=O)CCC1=O. The minimum absolute atomic E-state index is 0.0706. The van der Waals surface area contributed by atoms with Crippen molar-refractivity contribution in [2.24, 2.45) is 0 Å². The van der Waals surface area contributed by atoms with Crippen molar-refractivity contribution in [2.75, 3.05) is 13.2 Å². The largest absolute Gasteiger partial charge is 0.363 e. The number of carbonyl (C=O) groups is 4. The summed E-state index contributed by atoms with van der Waals surface area (Å²) in [6.45, 7) is 0.384. The molecule has 4 rings (SSSR count). The van der Waals surface area contributed by atoms with Gasteiger partial charge in [0.15, 0.2) is 0 Å². The van der Waals surface area contributed by atoms with Gasteiger partial charge in [-0.3, -0.25) is 14.4 Å². The maximum Gasteiger partial charge on any atom is 0.333 e. The summed E-state index contributed by atoms with van der Waals surface area (Å²) >= 11 is 0. The van der Waals surface area contributed by atoms with Gasteiger partial charge in [-0.05, 0) is 36.1 Å². The number of fused-ring (bicyclic) bond motifs is 2. The molecule has 0 radical (unpaired) electrons. The molecule has 36 heavy (non-hydrogen) atoms. The third-order valence-corrected chi connectivity index (χ3v) is 6.06. The van der Waals surface area contributed by atoms with Gasteiger partial charge in [0.2, 0.25) is 5.91 Å². The molecule has 1 aliphatic heterocycles. The Hall–Kier alpha value is -3.96. The molecular weight excluding hydrogens is 460 g/mol. The van der Waals surface area contributed by atoms with Crippen LogP contribution in [0.3, 0.4) is 0 Å². The molecule has 2 aliphatic rings. The van der Waals surface area contributed by atoms with E-state index < -0.39 is 17.8 Å². The lowest BCUT2D eigenvalue weighted by atomic mass is 9.92. The number of benzene rings is 2. The highest BCUT2D eigenvalue weighted by molar-refractivity contribution is 6.01. The van der Waals surface area contributed by atoms with Crippen LogP contribution < -0.4 is 5.32 Å². The van der Waals surface area contributed by atoms with Crippen LogP contribution in [0.5, 0.6) is 0 Å². The van der Waals surface area contributed by atoms with Gasteiger partial charge in [0.1, 0.15) is 6.61 Å². The summed E-state index contributed by atoms with van der Waals surface area (Å²) < 4.78 is 6.05. The first-order valence-electron chi connectivity index (χ1n) is 12.1. The molecule has 0 aromatic heterocycles. The minimum Gasteiger partial charge on any atom is -0.363 e. The van der Waals surface area contributed by atoms with E-state index in [2.05, 4.69) is 17.2 Å². The molecule has 0 bridgehead atoms. The Morgan fingerprint density at radius 1 is 0.917 bits per heavy atom. The molecule has 1 atom stereocenters.